The molecule has 2 N–H and O–H groups in total. The van der Waals surface area contributed by atoms with Crippen molar-refractivity contribution >= 4 is 33.0 Å². The molecule has 2 heterocycles. The first kappa shape index (κ1) is 20.8. The molecule has 28 heavy (non-hydrogen) atoms. The summed E-state index contributed by atoms with van der Waals surface area (Å²) in [4.78, 5) is 14.3. The number of halogens is 3. The molecule has 3 rings (SSSR count). The summed E-state index contributed by atoms with van der Waals surface area (Å²) in [6.07, 6.45) is -4.06. The largest absolute Gasteiger partial charge is 0.471 e. The van der Waals surface area contributed by atoms with Crippen LogP contribution in [-0.2, 0) is 27.8 Å². The number of carbonyl (C=O) groups excluding carboxylic acids is 1. The maximum atomic E-state index is 12.3. The van der Waals surface area contributed by atoms with Gasteiger partial charge in [0.1, 0.15) is 0 Å². The molecule has 0 spiro atoms. The van der Waals surface area contributed by atoms with Crippen molar-refractivity contribution in [2.45, 2.75) is 24.0 Å². The third-order valence-electron chi connectivity index (χ3n) is 4.29. The van der Waals surface area contributed by atoms with E-state index >= 15 is 0 Å². The number of sulfonamides is 1. The van der Waals surface area contributed by atoms with Crippen LogP contribution in [0, 0.1) is 0 Å². The van der Waals surface area contributed by atoms with Gasteiger partial charge in [-0.15, -0.1) is 11.3 Å². The van der Waals surface area contributed by atoms with Crippen molar-refractivity contribution in [1.82, 2.24) is 9.62 Å². The van der Waals surface area contributed by atoms with Gasteiger partial charge in [-0.3, -0.25) is 9.69 Å². The number of thiophene rings is 1. The third-order valence-corrected chi connectivity index (χ3v) is 6.79. The molecule has 0 bridgehead atoms. The lowest BCUT2D eigenvalue weighted by molar-refractivity contribution is -0.167. The lowest BCUT2D eigenvalue weighted by atomic mass is 10.1. The van der Waals surface area contributed by atoms with Crippen molar-refractivity contribution in [2.75, 3.05) is 25.0 Å². The molecular formula is C17H18F3N3O3S2. The van der Waals surface area contributed by atoms with Crippen LogP contribution in [0.2, 0.25) is 0 Å². The highest BCUT2D eigenvalue weighted by Gasteiger charge is 2.38. The third kappa shape index (κ3) is 5.10. The van der Waals surface area contributed by atoms with Crippen molar-refractivity contribution in [1.29, 1.82) is 0 Å². The Morgan fingerprint density at radius 2 is 1.89 bits per heavy atom. The molecular weight excluding hydrogens is 415 g/mol. The summed E-state index contributed by atoms with van der Waals surface area (Å²) in [5.74, 6) is -2.11. The summed E-state index contributed by atoms with van der Waals surface area (Å²) in [5, 5.41) is 3.72. The van der Waals surface area contributed by atoms with Gasteiger partial charge in [-0.1, -0.05) is 0 Å². The van der Waals surface area contributed by atoms with E-state index in [4.69, 9.17) is 0 Å². The van der Waals surface area contributed by atoms with Gasteiger partial charge in [0.05, 0.1) is 4.90 Å². The Kier molecular flexibility index (Phi) is 6.08. The van der Waals surface area contributed by atoms with Crippen LogP contribution in [0.1, 0.15) is 10.4 Å². The van der Waals surface area contributed by atoms with E-state index in [1.54, 1.807) is 16.7 Å². The Morgan fingerprint density at radius 1 is 1.18 bits per heavy atom. The normalized spacial score (nSPS) is 15.2. The number of nitrogens with zero attached hydrogens (tertiary/aromatic N) is 1. The van der Waals surface area contributed by atoms with Crippen LogP contribution in [-0.4, -0.2) is 45.0 Å². The Balaban J connectivity index is 1.52. The van der Waals surface area contributed by atoms with Gasteiger partial charge in [0, 0.05) is 36.7 Å². The SMILES string of the molecule is O=C(Nc1ccc(S(=O)(=O)NCCN2CCc3sccc3C2)cc1)C(F)(F)F. The molecule has 0 radical (unpaired) electrons. The van der Waals surface area contributed by atoms with Gasteiger partial charge in [0.2, 0.25) is 10.0 Å². The van der Waals surface area contributed by atoms with Crippen LogP contribution in [0.4, 0.5) is 18.9 Å². The van der Waals surface area contributed by atoms with Crippen molar-refractivity contribution in [3.8, 4) is 0 Å². The number of hydrogen-bond acceptors (Lipinski definition) is 5. The number of amides is 1. The second-order valence-corrected chi connectivity index (χ2v) is 9.04. The zero-order valence-electron chi connectivity index (χ0n) is 14.6. The molecule has 152 valence electrons. The van der Waals surface area contributed by atoms with Crippen molar-refractivity contribution < 1.29 is 26.4 Å². The molecule has 0 saturated carbocycles. The molecule has 0 aliphatic carbocycles. The predicted molar refractivity (Wildman–Crippen MR) is 99.6 cm³/mol. The Labute approximate surface area is 164 Å². The van der Waals surface area contributed by atoms with E-state index in [0.717, 1.165) is 43.8 Å². The smallest absolute Gasteiger partial charge is 0.318 e. The first-order valence-corrected chi connectivity index (χ1v) is 10.8. The Morgan fingerprint density at radius 3 is 2.57 bits per heavy atom. The van der Waals surface area contributed by atoms with E-state index in [2.05, 4.69) is 21.1 Å². The maximum Gasteiger partial charge on any atom is 0.471 e. The molecule has 6 nitrogen and oxygen atoms in total. The number of alkyl halides is 3. The summed E-state index contributed by atoms with van der Waals surface area (Å²) >= 11 is 1.73. The van der Waals surface area contributed by atoms with E-state index < -0.39 is 22.1 Å². The molecule has 11 heteroatoms. The highest BCUT2D eigenvalue weighted by molar-refractivity contribution is 7.89. The summed E-state index contributed by atoms with van der Waals surface area (Å²) in [6, 6.07) is 6.59. The topological polar surface area (TPSA) is 78.5 Å². The molecule has 1 aromatic heterocycles. The molecule has 1 aromatic carbocycles. The standard InChI is InChI=1S/C17H18F3N3O3S2/c18-17(19,20)16(24)22-13-1-3-14(4-2-13)28(25,26)21-7-9-23-8-5-15-12(11-23)6-10-27-15/h1-4,6,10,21H,5,7-9,11H2,(H,22,24). The lowest BCUT2D eigenvalue weighted by Gasteiger charge is -2.26. The molecule has 0 unspecified atom stereocenters. The van der Waals surface area contributed by atoms with Gasteiger partial charge in [-0.05, 0) is 47.7 Å². The van der Waals surface area contributed by atoms with Gasteiger partial charge >= 0.3 is 12.1 Å². The molecule has 0 fully saturated rings. The van der Waals surface area contributed by atoms with Crippen LogP contribution < -0.4 is 10.0 Å². The van der Waals surface area contributed by atoms with Crippen LogP contribution in [0.3, 0.4) is 0 Å². The zero-order valence-corrected chi connectivity index (χ0v) is 16.3. The van der Waals surface area contributed by atoms with E-state index in [-0.39, 0.29) is 17.1 Å². The van der Waals surface area contributed by atoms with Crippen LogP contribution in [0.25, 0.3) is 0 Å². The average molecular weight is 433 g/mol. The van der Waals surface area contributed by atoms with Crippen LogP contribution in [0.15, 0.2) is 40.6 Å². The number of hydrogen-bond donors (Lipinski definition) is 2. The maximum absolute atomic E-state index is 12.3. The van der Waals surface area contributed by atoms with E-state index in [1.165, 1.54) is 10.4 Å². The average Bonchev–Trinajstić information content (AvgIpc) is 3.09. The predicted octanol–water partition coefficient (Wildman–Crippen LogP) is 2.59. The highest BCUT2D eigenvalue weighted by atomic mass is 32.2. The lowest BCUT2D eigenvalue weighted by Crippen LogP contribution is -2.37. The molecule has 0 atom stereocenters. The number of rotatable bonds is 6. The molecule has 0 saturated heterocycles. The summed E-state index contributed by atoms with van der Waals surface area (Å²) in [6.45, 7) is 2.42. The number of benzene rings is 1. The van der Waals surface area contributed by atoms with Crippen molar-refractivity contribution in [2.24, 2.45) is 0 Å². The van der Waals surface area contributed by atoms with Crippen molar-refractivity contribution in [3.63, 3.8) is 0 Å². The fourth-order valence-corrected chi connectivity index (χ4v) is 4.75. The van der Waals surface area contributed by atoms with Gasteiger partial charge in [-0.2, -0.15) is 13.2 Å². The monoisotopic (exact) mass is 433 g/mol. The van der Waals surface area contributed by atoms with E-state index in [9.17, 15) is 26.4 Å². The minimum absolute atomic E-state index is 0.0868. The molecule has 1 aliphatic heterocycles. The first-order chi connectivity index (χ1) is 13.1. The first-order valence-electron chi connectivity index (χ1n) is 8.41. The second-order valence-electron chi connectivity index (χ2n) is 6.27. The quantitative estimate of drug-likeness (QED) is 0.734. The summed E-state index contributed by atoms with van der Waals surface area (Å²) < 4.78 is 63.9. The van der Waals surface area contributed by atoms with Gasteiger partial charge < -0.3 is 5.32 Å². The Bertz CT molecular complexity index is 941. The minimum Gasteiger partial charge on any atom is -0.318 e. The van der Waals surface area contributed by atoms with Gasteiger partial charge in [0.25, 0.3) is 0 Å². The fourth-order valence-electron chi connectivity index (χ4n) is 2.84. The van der Waals surface area contributed by atoms with Gasteiger partial charge in [0.15, 0.2) is 0 Å². The fraction of sp³-hybridized carbons (Fsp3) is 0.353. The highest BCUT2D eigenvalue weighted by Crippen LogP contribution is 2.23. The van der Waals surface area contributed by atoms with E-state index in [1.807, 2.05) is 0 Å². The second kappa shape index (κ2) is 8.19. The van der Waals surface area contributed by atoms with E-state index in [0.29, 0.717) is 6.54 Å². The summed E-state index contributed by atoms with van der Waals surface area (Å²) in [7, 11) is -3.79. The summed E-state index contributed by atoms with van der Waals surface area (Å²) in [5.41, 5.74) is 1.14. The number of anilines is 1. The zero-order chi connectivity index (χ0) is 20.4. The number of fused-ring (bicyclic) bond motifs is 1. The van der Waals surface area contributed by atoms with Crippen LogP contribution in [0.5, 0.6) is 0 Å². The van der Waals surface area contributed by atoms with Crippen molar-refractivity contribution in [3.05, 3.63) is 46.2 Å². The molecule has 2 aromatic rings. The van der Waals surface area contributed by atoms with Crippen LogP contribution >= 0.6 is 11.3 Å². The number of nitrogens with one attached hydrogen (secondary N) is 2. The molecule has 1 aliphatic rings. The Hall–Kier alpha value is -1.95. The molecule has 1 amide bonds. The number of carbonyl (C=O) groups is 1. The van der Waals surface area contributed by atoms with Gasteiger partial charge in [-0.25, -0.2) is 13.1 Å². The minimum atomic E-state index is -5.01.